The van der Waals surface area contributed by atoms with Crippen LogP contribution in [0.5, 0.6) is 0 Å². The number of unbranched alkanes of at least 4 members (excludes halogenated alkanes) is 8. The topological polar surface area (TPSA) is 158 Å². The Kier molecular flexibility index (Phi) is 24.0. The molecule has 2 saturated heterocycles. The number of carbonyl (C=O) groups is 2. The van der Waals surface area contributed by atoms with Gasteiger partial charge in [-0.2, -0.15) is 0 Å². The van der Waals surface area contributed by atoms with Crippen molar-refractivity contribution in [2.45, 2.75) is 205 Å². The highest BCUT2D eigenvalue weighted by molar-refractivity contribution is 7.89. The van der Waals surface area contributed by atoms with Crippen LogP contribution in [0.1, 0.15) is 145 Å². The quantitative estimate of drug-likeness (QED) is 0.0544. The molecule has 13 heteroatoms. The molecule has 12 nitrogen and oxygen atoms in total. The fraction of sp³-hybridized carbons (Fsp3) is 0.750. The van der Waals surface area contributed by atoms with Gasteiger partial charge < -0.3 is 49.2 Å². The number of carbonyl (C=O) groups excluding carboxylic acids is 2. The Morgan fingerprint density at radius 1 is 0.826 bits per heavy atom. The molecular formula is C56H94N2O10P+. The molecule has 2 heterocycles. The standard InChI is InChI=1S/C56H94N2O10P/c1-12-48-56(8,64)51(61)44(6)58(39-40(2)38-55(7,63)52(41(3)36-42(4)53(62)67-48)68-54-50(60)47(57(9)10)37-43(5)66-54)49(59)32-26-18-16-14-13-15-17-19-27-34-69(35-33-65-11,45-28-22-20-23-29-45)46-30-24-21-25-31-46/h20-25,28-31,40-44,47-48,50-52,54,60-61,63-64H,12-19,26-27,32-39H2,1-11H3/q+1/t40-,41+,42-,43-,44-,47+,48-,50-,51-,52-,54+,55-,56-/m1/s1. The highest BCUT2D eigenvalue weighted by Gasteiger charge is 2.49. The van der Waals surface area contributed by atoms with Crippen LogP contribution >= 0.6 is 7.26 Å². The molecule has 2 aromatic rings. The molecule has 2 fully saturated rings. The average Bonchev–Trinajstić information content (AvgIpc) is 3.31. The van der Waals surface area contributed by atoms with E-state index in [-0.39, 0.29) is 56.2 Å². The Bertz CT molecular complexity index is 1740. The molecule has 1 amide bonds. The number of ether oxygens (including phenoxy) is 4. The van der Waals surface area contributed by atoms with Gasteiger partial charge >= 0.3 is 5.97 Å². The smallest absolute Gasteiger partial charge is 0.309 e. The van der Waals surface area contributed by atoms with Crippen molar-refractivity contribution in [3.63, 3.8) is 0 Å². The molecule has 0 aromatic heterocycles. The van der Waals surface area contributed by atoms with E-state index in [9.17, 15) is 30.0 Å². The number of hydrogen-bond acceptors (Lipinski definition) is 11. The number of aliphatic hydroxyl groups excluding tert-OH is 2. The van der Waals surface area contributed by atoms with Crippen LogP contribution < -0.4 is 10.6 Å². The molecule has 2 aliphatic rings. The largest absolute Gasteiger partial charge is 0.459 e. The number of rotatable bonds is 21. The number of likely N-dealkylation sites (N-methyl/N-ethyl adjacent to an activating group) is 1. The Hall–Kier alpha value is -2.51. The van der Waals surface area contributed by atoms with E-state index in [1.807, 2.05) is 39.8 Å². The summed E-state index contributed by atoms with van der Waals surface area (Å²) in [5.41, 5.74) is -3.34. The van der Waals surface area contributed by atoms with Crippen LogP contribution in [0.15, 0.2) is 60.7 Å². The maximum atomic E-state index is 14.3. The summed E-state index contributed by atoms with van der Waals surface area (Å²) in [4.78, 5) is 31.6. The van der Waals surface area contributed by atoms with E-state index < -0.39 is 73.0 Å². The van der Waals surface area contributed by atoms with Gasteiger partial charge in [-0.05, 0) is 123 Å². The van der Waals surface area contributed by atoms with Crippen molar-refractivity contribution in [1.29, 1.82) is 0 Å². The number of esters is 1. The van der Waals surface area contributed by atoms with Crippen molar-refractivity contribution in [3.8, 4) is 0 Å². The van der Waals surface area contributed by atoms with Crippen LogP contribution in [0.4, 0.5) is 0 Å². The van der Waals surface area contributed by atoms with Gasteiger partial charge in [-0.1, -0.05) is 103 Å². The number of hydrogen-bond donors (Lipinski definition) is 4. The fourth-order valence-electron chi connectivity index (χ4n) is 11.4. The lowest BCUT2D eigenvalue weighted by molar-refractivity contribution is -0.295. The predicted octanol–water partition coefficient (Wildman–Crippen LogP) is 8.12. The van der Waals surface area contributed by atoms with Crippen molar-refractivity contribution < 1.29 is 49.0 Å². The van der Waals surface area contributed by atoms with E-state index in [1.165, 1.54) is 49.4 Å². The second-order valence-corrected chi connectivity index (χ2v) is 25.6. The van der Waals surface area contributed by atoms with Gasteiger partial charge in [-0.25, -0.2) is 0 Å². The van der Waals surface area contributed by atoms with E-state index in [0.717, 1.165) is 38.5 Å². The number of aliphatic hydroxyl groups is 4. The highest BCUT2D eigenvalue weighted by atomic mass is 31.2. The van der Waals surface area contributed by atoms with Crippen LogP contribution in [0.25, 0.3) is 0 Å². The predicted molar refractivity (Wildman–Crippen MR) is 279 cm³/mol. The second-order valence-electron chi connectivity index (χ2n) is 21.7. The number of amides is 1. The molecule has 0 spiro atoms. The van der Waals surface area contributed by atoms with Gasteiger partial charge in [0.25, 0.3) is 0 Å². The van der Waals surface area contributed by atoms with Crippen molar-refractivity contribution in [2.24, 2.45) is 17.8 Å². The molecule has 2 aliphatic heterocycles. The van der Waals surface area contributed by atoms with Crippen molar-refractivity contribution in [3.05, 3.63) is 60.7 Å². The molecule has 0 bridgehead atoms. The van der Waals surface area contributed by atoms with Gasteiger partial charge in [0.2, 0.25) is 5.91 Å². The molecule has 4 rings (SSSR count). The first-order valence-corrected chi connectivity index (χ1v) is 28.6. The monoisotopic (exact) mass is 986 g/mol. The van der Waals surface area contributed by atoms with Gasteiger partial charge in [0.15, 0.2) is 6.29 Å². The minimum atomic E-state index is -1.86. The normalized spacial score (nSPS) is 32.3. The van der Waals surface area contributed by atoms with Gasteiger partial charge in [0.05, 0.1) is 66.6 Å². The molecule has 4 N–H and O–H groups in total. The SMILES string of the molecule is CC[C@H]1OC(=O)[C@H](C)C[C@H](C)[C@@H](O[C@@H]2O[C@H](C)C[C@H](N(C)C)[C@H]2O)[C@](C)(O)C[C@@H](C)CN(C(=O)CCCCCCCCCCC[P+](CCOC)(c2ccccc2)c2ccccc2)[C@H](C)[C@@H](O)[C@]1(C)O. The van der Waals surface area contributed by atoms with Gasteiger partial charge in [0.1, 0.15) is 23.9 Å². The van der Waals surface area contributed by atoms with E-state index >= 15 is 0 Å². The fourth-order valence-corrected chi connectivity index (χ4v) is 15.7. The minimum Gasteiger partial charge on any atom is -0.459 e. The van der Waals surface area contributed by atoms with E-state index in [0.29, 0.717) is 12.8 Å². The third-order valence-electron chi connectivity index (χ3n) is 15.3. The second kappa shape index (κ2) is 28.1. The Labute approximate surface area is 417 Å². The third-order valence-corrected chi connectivity index (χ3v) is 19.9. The molecule has 392 valence electrons. The van der Waals surface area contributed by atoms with Crippen LogP contribution in [-0.4, -0.2) is 149 Å². The third kappa shape index (κ3) is 16.5. The van der Waals surface area contributed by atoms with Crippen LogP contribution in [0, 0.1) is 17.8 Å². The molecular weight excluding hydrogens is 892 g/mol. The summed E-state index contributed by atoms with van der Waals surface area (Å²) in [5, 5.41) is 50.6. The zero-order valence-corrected chi connectivity index (χ0v) is 45.3. The average molecular weight is 986 g/mol. The zero-order chi connectivity index (χ0) is 50.9. The highest BCUT2D eigenvalue weighted by Crippen LogP contribution is 2.57. The Morgan fingerprint density at radius 3 is 1.91 bits per heavy atom. The summed E-state index contributed by atoms with van der Waals surface area (Å²) in [6.07, 6.45) is 8.02. The number of nitrogens with zero attached hydrogens (tertiary/aromatic N) is 2. The summed E-state index contributed by atoms with van der Waals surface area (Å²) in [7, 11) is 4.01. The summed E-state index contributed by atoms with van der Waals surface area (Å²) >= 11 is 0. The molecule has 13 atom stereocenters. The molecule has 0 saturated carbocycles. The summed E-state index contributed by atoms with van der Waals surface area (Å²) in [6.45, 7) is 15.3. The van der Waals surface area contributed by atoms with Crippen LogP contribution in [0.3, 0.4) is 0 Å². The molecule has 0 unspecified atom stereocenters. The van der Waals surface area contributed by atoms with E-state index in [2.05, 4.69) is 60.7 Å². The van der Waals surface area contributed by atoms with Crippen LogP contribution in [0.2, 0.25) is 0 Å². The lowest BCUT2D eigenvalue weighted by atomic mass is 9.79. The van der Waals surface area contributed by atoms with Crippen molar-refractivity contribution >= 4 is 29.7 Å². The van der Waals surface area contributed by atoms with Gasteiger partial charge in [-0.3, -0.25) is 9.59 Å². The zero-order valence-electron chi connectivity index (χ0n) is 44.4. The lowest BCUT2D eigenvalue weighted by Gasteiger charge is -2.46. The molecule has 69 heavy (non-hydrogen) atoms. The Balaban J connectivity index is 1.38. The number of methoxy groups -OCH3 is 1. The van der Waals surface area contributed by atoms with Gasteiger partial charge in [0, 0.05) is 26.1 Å². The number of benzene rings is 2. The van der Waals surface area contributed by atoms with Crippen molar-refractivity contribution in [1.82, 2.24) is 9.80 Å². The van der Waals surface area contributed by atoms with Crippen LogP contribution in [-0.2, 0) is 28.5 Å². The first-order chi connectivity index (χ1) is 32.7. The summed E-state index contributed by atoms with van der Waals surface area (Å²) in [6, 6.07) is 21.0. The van der Waals surface area contributed by atoms with E-state index in [4.69, 9.17) is 18.9 Å². The molecule has 0 aliphatic carbocycles. The number of cyclic esters (lactones) is 1. The lowest BCUT2D eigenvalue weighted by Crippen LogP contribution is -2.60. The molecule has 2 aromatic carbocycles. The van der Waals surface area contributed by atoms with E-state index in [1.54, 1.807) is 39.7 Å². The maximum absolute atomic E-state index is 14.3. The summed E-state index contributed by atoms with van der Waals surface area (Å²) < 4.78 is 24.4. The molecule has 0 radical (unpaired) electrons. The first-order valence-electron chi connectivity index (χ1n) is 26.4. The maximum Gasteiger partial charge on any atom is 0.309 e. The van der Waals surface area contributed by atoms with Crippen molar-refractivity contribution in [2.75, 3.05) is 46.7 Å². The minimum absolute atomic E-state index is 0.133. The first kappa shape index (κ1) is 59.1. The van der Waals surface area contributed by atoms with Gasteiger partial charge in [-0.15, -0.1) is 0 Å². The summed E-state index contributed by atoms with van der Waals surface area (Å²) in [5.74, 6) is -1.98. The Morgan fingerprint density at radius 2 is 1.38 bits per heavy atom.